The van der Waals surface area contributed by atoms with E-state index in [1.165, 1.54) is 0 Å². The maximum atomic E-state index is 11.6. The predicted octanol–water partition coefficient (Wildman–Crippen LogP) is 1.85. The van der Waals surface area contributed by atoms with Gasteiger partial charge in [-0.25, -0.2) is 0 Å². The predicted molar refractivity (Wildman–Crippen MR) is 59.8 cm³/mol. The number of carbonyl (C=O) groups excluding carboxylic acids is 1. The molecule has 0 amide bonds. The molecule has 3 nitrogen and oxygen atoms in total. The first-order valence-electron chi connectivity index (χ1n) is 5.66. The van der Waals surface area contributed by atoms with Crippen LogP contribution < -0.4 is 0 Å². The molecule has 0 radical (unpaired) electrons. The van der Waals surface area contributed by atoms with Crippen molar-refractivity contribution in [2.75, 3.05) is 6.61 Å². The topological polar surface area (TPSA) is 46.5 Å². The summed E-state index contributed by atoms with van der Waals surface area (Å²) in [5.74, 6) is -0.695. The fourth-order valence-corrected chi connectivity index (χ4v) is 2.23. The van der Waals surface area contributed by atoms with Crippen molar-refractivity contribution in [3.05, 3.63) is 35.4 Å². The minimum absolute atomic E-state index is 0.287. The maximum Gasteiger partial charge on any atom is 0.311 e. The summed E-state index contributed by atoms with van der Waals surface area (Å²) < 4.78 is 4.97. The molecule has 3 heteroatoms. The van der Waals surface area contributed by atoms with Gasteiger partial charge in [-0.2, -0.15) is 0 Å². The van der Waals surface area contributed by atoms with E-state index in [0.29, 0.717) is 13.0 Å². The number of aliphatic hydroxyl groups excluding tert-OH is 1. The molecule has 86 valence electrons. The molecule has 2 rings (SSSR count). The fourth-order valence-electron chi connectivity index (χ4n) is 2.23. The number of rotatable bonds is 2. The average molecular weight is 220 g/mol. The van der Waals surface area contributed by atoms with Crippen LogP contribution in [0.1, 0.15) is 30.6 Å². The number of benzene rings is 1. The molecular weight excluding hydrogens is 204 g/mol. The molecule has 2 atom stereocenters. The van der Waals surface area contributed by atoms with Crippen LogP contribution in [0.2, 0.25) is 0 Å². The van der Waals surface area contributed by atoms with Crippen LogP contribution >= 0.6 is 0 Å². The molecule has 1 aromatic carbocycles. The SMILES string of the molecule is CCOC(=O)[C@@H]1CCc2ccccc2[C@H]1O. The van der Waals surface area contributed by atoms with Crippen molar-refractivity contribution < 1.29 is 14.6 Å². The molecule has 0 fully saturated rings. The van der Waals surface area contributed by atoms with Crippen LogP contribution in [0, 0.1) is 5.92 Å². The van der Waals surface area contributed by atoms with Crippen molar-refractivity contribution in [1.29, 1.82) is 0 Å². The highest BCUT2D eigenvalue weighted by Gasteiger charge is 2.33. The zero-order chi connectivity index (χ0) is 11.5. The second-order valence-corrected chi connectivity index (χ2v) is 4.04. The molecule has 1 aliphatic rings. The van der Waals surface area contributed by atoms with Crippen molar-refractivity contribution in [1.82, 2.24) is 0 Å². The van der Waals surface area contributed by atoms with Gasteiger partial charge in [0.05, 0.1) is 18.6 Å². The first-order valence-corrected chi connectivity index (χ1v) is 5.66. The van der Waals surface area contributed by atoms with Gasteiger partial charge < -0.3 is 9.84 Å². The molecule has 1 aliphatic carbocycles. The Kier molecular flexibility index (Phi) is 3.25. The van der Waals surface area contributed by atoms with Gasteiger partial charge in [-0.1, -0.05) is 24.3 Å². The number of hydrogen-bond donors (Lipinski definition) is 1. The van der Waals surface area contributed by atoms with Crippen LogP contribution in [0.4, 0.5) is 0 Å². The number of fused-ring (bicyclic) bond motifs is 1. The number of aliphatic hydroxyl groups is 1. The van der Waals surface area contributed by atoms with Crippen molar-refractivity contribution in [2.45, 2.75) is 25.9 Å². The van der Waals surface area contributed by atoms with Crippen LogP contribution in [0.5, 0.6) is 0 Å². The third-order valence-electron chi connectivity index (χ3n) is 3.07. The molecule has 0 aliphatic heterocycles. The number of carbonyl (C=O) groups is 1. The van der Waals surface area contributed by atoms with Crippen LogP contribution in [0.3, 0.4) is 0 Å². The average Bonchev–Trinajstić information content (AvgIpc) is 2.30. The quantitative estimate of drug-likeness (QED) is 0.774. The number of hydrogen-bond acceptors (Lipinski definition) is 3. The lowest BCUT2D eigenvalue weighted by Crippen LogP contribution is -2.29. The molecular formula is C13H16O3. The highest BCUT2D eigenvalue weighted by atomic mass is 16.5. The Balaban J connectivity index is 2.21. The minimum atomic E-state index is -0.719. The largest absolute Gasteiger partial charge is 0.466 e. The van der Waals surface area contributed by atoms with E-state index < -0.39 is 12.0 Å². The van der Waals surface area contributed by atoms with E-state index >= 15 is 0 Å². The van der Waals surface area contributed by atoms with Gasteiger partial charge in [0, 0.05) is 0 Å². The lowest BCUT2D eigenvalue weighted by molar-refractivity contribution is -0.153. The Hall–Kier alpha value is -1.35. The molecule has 16 heavy (non-hydrogen) atoms. The van der Waals surface area contributed by atoms with Crippen molar-refractivity contribution in [2.24, 2.45) is 5.92 Å². The summed E-state index contributed by atoms with van der Waals surface area (Å²) in [6.07, 6.45) is 0.775. The van der Waals surface area contributed by atoms with E-state index in [-0.39, 0.29) is 5.97 Å². The monoisotopic (exact) mass is 220 g/mol. The summed E-state index contributed by atoms with van der Waals surface area (Å²) in [5.41, 5.74) is 2.00. The zero-order valence-electron chi connectivity index (χ0n) is 9.35. The van der Waals surface area contributed by atoms with Crippen molar-refractivity contribution in [3.8, 4) is 0 Å². The Bertz CT molecular complexity index is 387. The second-order valence-electron chi connectivity index (χ2n) is 4.04. The lowest BCUT2D eigenvalue weighted by atomic mass is 9.81. The van der Waals surface area contributed by atoms with Gasteiger partial charge in [0.2, 0.25) is 0 Å². The molecule has 0 unspecified atom stereocenters. The number of esters is 1. The van der Waals surface area contributed by atoms with E-state index in [1.807, 2.05) is 24.3 Å². The summed E-state index contributed by atoms with van der Waals surface area (Å²) in [6, 6.07) is 7.72. The third kappa shape index (κ3) is 1.95. The van der Waals surface area contributed by atoms with Gasteiger partial charge in [0.1, 0.15) is 0 Å². The van der Waals surface area contributed by atoms with E-state index in [9.17, 15) is 9.90 Å². The standard InChI is InChI=1S/C13H16O3/c1-2-16-13(15)11-8-7-9-5-3-4-6-10(9)12(11)14/h3-6,11-12,14H,2,7-8H2,1H3/t11-,12-/m1/s1. The second kappa shape index (κ2) is 4.66. The smallest absolute Gasteiger partial charge is 0.311 e. The van der Waals surface area contributed by atoms with Gasteiger partial charge in [0.15, 0.2) is 0 Å². The van der Waals surface area contributed by atoms with Crippen molar-refractivity contribution in [3.63, 3.8) is 0 Å². The summed E-state index contributed by atoms with van der Waals surface area (Å²) in [7, 11) is 0. The van der Waals surface area contributed by atoms with E-state index in [4.69, 9.17) is 4.74 Å². The van der Waals surface area contributed by atoms with E-state index in [1.54, 1.807) is 6.92 Å². The van der Waals surface area contributed by atoms with Crippen molar-refractivity contribution >= 4 is 5.97 Å². The highest BCUT2D eigenvalue weighted by molar-refractivity contribution is 5.74. The molecule has 1 aromatic rings. The van der Waals surface area contributed by atoms with E-state index in [0.717, 1.165) is 17.5 Å². The molecule has 0 bridgehead atoms. The molecule has 0 heterocycles. The molecule has 0 spiro atoms. The highest BCUT2D eigenvalue weighted by Crippen LogP contribution is 2.34. The number of ether oxygens (including phenoxy) is 1. The fraction of sp³-hybridized carbons (Fsp3) is 0.462. The zero-order valence-corrected chi connectivity index (χ0v) is 9.35. The summed E-state index contributed by atoms with van der Waals surface area (Å²) in [6.45, 7) is 2.14. The Morgan fingerprint density at radius 1 is 1.50 bits per heavy atom. The first-order chi connectivity index (χ1) is 7.74. The van der Waals surface area contributed by atoms with Crippen LogP contribution in [0.25, 0.3) is 0 Å². The third-order valence-corrected chi connectivity index (χ3v) is 3.07. The summed E-state index contributed by atoms with van der Waals surface area (Å²) in [4.78, 5) is 11.6. The summed E-state index contributed by atoms with van der Waals surface area (Å²) >= 11 is 0. The van der Waals surface area contributed by atoms with Gasteiger partial charge >= 0.3 is 5.97 Å². The first kappa shape index (κ1) is 11.1. The molecule has 0 aromatic heterocycles. The Labute approximate surface area is 95.0 Å². The molecule has 0 saturated carbocycles. The van der Waals surface area contributed by atoms with Crippen LogP contribution in [-0.4, -0.2) is 17.7 Å². The van der Waals surface area contributed by atoms with Crippen LogP contribution in [-0.2, 0) is 16.0 Å². The van der Waals surface area contributed by atoms with Gasteiger partial charge in [-0.05, 0) is 30.9 Å². The maximum absolute atomic E-state index is 11.6. The number of aryl methyl sites for hydroxylation is 1. The normalized spacial score (nSPS) is 23.6. The Morgan fingerprint density at radius 3 is 3.00 bits per heavy atom. The van der Waals surface area contributed by atoms with Gasteiger partial charge in [0.25, 0.3) is 0 Å². The van der Waals surface area contributed by atoms with Gasteiger partial charge in [-0.15, -0.1) is 0 Å². The van der Waals surface area contributed by atoms with Crippen LogP contribution in [0.15, 0.2) is 24.3 Å². The molecule has 1 N–H and O–H groups in total. The molecule has 0 saturated heterocycles. The minimum Gasteiger partial charge on any atom is -0.466 e. The lowest BCUT2D eigenvalue weighted by Gasteiger charge is -2.28. The Morgan fingerprint density at radius 2 is 2.25 bits per heavy atom. The summed E-state index contributed by atoms with van der Waals surface area (Å²) in [5, 5.41) is 10.1. The van der Waals surface area contributed by atoms with E-state index in [2.05, 4.69) is 0 Å². The van der Waals surface area contributed by atoms with Gasteiger partial charge in [-0.3, -0.25) is 4.79 Å².